The van der Waals surface area contributed by atoms with Gasteiger partial charge in [-0.25, -0.2) is 0 Å². The van der Waals surface area contributed by atoms with Crippen LogP contribution in [-0.4, -0.2) is 13.0 Å². The summed E-state index contributed by atoms with van der Waals surface area (Å²) in [5.41, 5.74) is 1.93. The first-order valence-corrected chi connectivity index (χ1v) is 12.3. The molecule has 1 amide bonds. The number of rotatable bonds is 7. The van der Waals surface area contributed by atoms with E-state index in [4.69, 9.17) is 32.7 Å². The van der Waals surface area contributed by atoms with Gasteiger partial charge in [-0.3, -0.25) is 4.79 Å². The Labute approximate surface area is 227 Å². The fraction of sp³-hybridized carbons (Fsp3) is 0.0714. The second kappa shape index (κ2) is 11.5. The first-order valence-electron chi connectivity index (χ1n) is 10.7. The second-order valence-electron chi connectivity index (χ2n) is 7.70. The Hall–Kier alpha value is -3.50. The van der Waals surface area contributed by atoms with Crippen LogP contribution in [0, 0.1) is 11.3 Å². The summed E-state index contributed by atoms with van der Waals surface area (Å²) in [6.07, 6.45) is 1.47. The van der Waals surface area contributed by atoms with Crippen LogP contribution in [0.25, 0.3) is 16.8 Å². The predicted molar refractivity (Wildman–Crippen MR) is 148 cm³/mol. The van der Waals surface area contributed by atoms with Gasteiger partial charge in [0.05, 0.1) is 17.2 Å². The molecule has 1 N–H and O–H groups in total. The Balaban J connectivity index is 1.57. The minimum Gasteiger partial charge on any atom is -0.493 e. The largest absolute Gasteiger partial charge is 0.493 e. The molecule has 0 aliphatic carbocycles. The molecule has 0 heterocycles. The van der Waals surface area contributed by atoms with Gasteiger partial charge < -0.3 is 14.8 Å². The van der Waals surface area contributed by atoms with Gasteiger partial charge >= 0.3 is 0 Å². The Morgan fingerprint density at radius 3 is 2.56 bits per heavy atom. The van der Waals surface area contributed by atoms with Gasteiger partial charge in [0.15, 0.2) is 11.5 Å². The molecule has 0 radical (unpaired) electrons. The Bertz CT molecular complexity index is 1520. The third-order valence-corrected chi connectivity index (χ3v) is 6.81. The number of nitrogens with one attached hydrogen (secondary N) is 1. The zero-order chi connectivity index (χ0) is 25.7. The average molecular weight is 582 g/mol. The lowest BCUT2D eigenvalue weighted by Crippen LogP contribution is -2.13. The molecule has 4 aromatic carbocycles. The number of carbonyl (C=O) groups is 1. The van der Waals surface area contributed by atoms with Gasteiger partial charge in [0, 0.05) is 10.2 Å². The highest BCUT2D eigenvalue weighted by Crippen LogP contribution is 2.36. The first-order chi connectivity index (χ1) is 17.4. The summed E-state index contributed by atoms with van der Waals surface area (Å²) in [6, 6.07) is 24.2. The maximum absolute atomic E-state index is 12.7. The van der Waals surface area contributed by atoms with Crippen LogP contribution in [0.5, 0.6) is 11.5 Å². The fourth-order valence-electron chi connectivity index (χ4n) is 3.58. The maximum Gasteiger partial charge on any atom is 0.266 e. The summed E-state index contributed by atoms with van der Waals surface area (Å²) in [5, 5.41) is 15.2. The van der Waals surface area contributed by atoms with E-state index in [2.05, 4.69) is 39.4 Å². The molecule has 0 bridgehead atoms. The highest BCUT2D eigenvalue weighted by Gasteiger charge is 2.15. The van der Waals surface area contributed by atoms with Crippen molar-refractivity contribution in [3.8, 4) is 17.6 Å². The number of halogens is 3. The van der Waals surface area contributed by atoms with Gasteiger partial charge in [-0.1, -0.05) is 81.6 Å². The molecule has 0 aliphatic rings. The molecular formula is C28H19BrCl2N2O3. The van der Waals surface area contributed by atoms with Gasteiger partial charge in [0.25, 0.3) is 5.91 Å². The molecule has 0 spiro atoms. The van der Waals surface area contributed by atoms with Crippen LogP contribution in [0.2, 0.25) is 10.0 Å². The van der Waals surface area contributed by atoms with Crippen molar-refractivity contribution in [2.75, 3.05) is 12.4 Å². The number of ether oxygens (including phenoxy) is 2. The van der Waals surface area contributed by atoms with E-state index in [1.807, 2.05) is 30.3 Å². The number of benzene rings is 4. The van der Waals surface area contributed by atoms with Crippen LogP contribution in [0.1, 0.15) is 11.1 Å². The van der Waals surface area contributed by atoms with Gasteiger partial charge in [-0.05, 0) is 58.3 Å². The second-order valence-corrected chi connectivity index (χ2v) is 9.37. The summed E-state index contributed by atoms with van der Waals surface area (Å²) >= 11 is 15.4. The van der Waals surface area contributed by atoms with E-state index in [9.17, 15) is 10.1 Å². The number of anilines is 1. The maximum atomic E-state index is 12.7. The molecule has 0 fully saturated rings. The van der Waals surface area contributed by atoms with Crippen molar-refractivity contribution in [1.82, 2.24) is 0 Å². The number of amides is 1. The molecule has 0 aliphatic heterocycles. The van der Waals surface area contributed by atoms with Crippen LogP contribution < -0.4 is 14.8 Å². The van der Waals surface area contributed by atoms with E-state index >= 15 is 0 Å². The van der Waals surface area contributed by atoms with E-state index in [1.165, 1.54) is 19.3 Å². The van der Waals surface area contributed by atoms with Crippen LogP contribution in [0.15, 0.2) is 82.8 Å². The average Bonchev–Trinajstić information content (AvgIpc) is 2.88. The molecule has 4 aromatic rings. The third kappa shape index (κ3) is 5.83. The summed E-state index contributed by atoms with van der Waals surface area (Å²) in [4.78, 5) is 12.7. The Morgan fingerprint density at radius 2 is 1.81 bits per heavy atom. The Kier molecular flexibility index (Phi) is 8.17. The zero-order valence-electron chi connectivity index (χ0n) is 19.0. The van der Waals surface area contributed by atoms with Crippen molar-refractivity contribution in [1.29, 1.82) is 5.26 Å². The van der Waals surface area contributed by atoms with E-state index in [0.29, 0.717) is 43.9 Å². The van der Waals surface area contributed by atoms with Crippen LogP contribution in [0.3, 0.4) is 0 Å². The van der Waals surface area contributed by atoms with E-state index in [1.54, 1.807) is 24.3 Å². The van der Waals surface area contributed by atoms with Crippen molar-refractivity contribution in [2.45, 2.75) is 6.61 Å². The number of hydrogen-bond acceptors (Lipinski definition) is 4. The van der Waals surface area contributed by atoms with Crippen LogP contribution in [0.4, 0.5) is 5.69 Å². The molecule has 0 saturated heterocycles. The molecule has 8 heteroatoms. The normalized spacial score (nSPS) is 11.1. The lowest BCUT2D eigenvalue weighted by Gasteiger charge is -2.14. The van der Waals surface area contributed by atoms with Crippen molar-refractivity contribution in [3.05, 3.63) is 104 Å². The van der Waals surface area contributed by atoms with Gasteiger partial charge in [-0.15, -0.1) is 0 Å². The van der Waals surface area contributed by atoms with Crippen LogP contribution >= 0.6 is 39.1 Å². The predicted octanol–water partition coefficient (Wildman–Crippen LogP) is 8.04. The molecule has 4 rings (SSSR count). The minimum atomic E-state index is -0.585. The lowest BCUT2D eigenvalue weighted by molar-refractivity contribution is -0.112. The molecular weight excluding hydrogens is 563 g/mol. The number of hydrogen-bond donors (Lipinski definition) is 1. The topological polar surface area (TPSA) is 71.3 Å². The molecule has 5 nitrogen and oxygen atoms in total. The zero-order valence-corrected chi connectivity index (χ0v) is 22.1. The Morgan fingerprint density at radius 1 is 1.03 bits per heavy atom. The van der Waals surface area contributed by atoms with Crippen molar-refractivity contribution in [2.24, 2.45) is 0 Å². The van der Waals surface area contributed by atoms with Gasteiger partial charge in [0.2, 0.25) is 0 Å². The summed E-state index contributed by atoms with van der Waals surface area (Å²) in [6.45, 7) is 0.342. The first kappa shape index (κ1) is 25.6. The van der Waals surface area contributed by atoms with E-state index in [-0.39, 0.29) is 5.57 Å². The number of methoxy groups -OCH3 is 1. The van der Waals surface area contributed by atoms with E-state index in [0.717, 1.165) is 16.3 Å². The summed E-state index contributed by atoms with van der Waals surface area (Å²) in [5.74, 6) is 0.401. The van der Waals surface area contributed by atoms with Crippen molar-refractivity contribution >= 4 is 67.6 Å². The molecule has 36 heavy (non-hydrogen) atoms. The third-order valence-electron chi connectivity index (χ3n) is 5.39. The van der Waals surface area contributed by atoms with Crippen LogP contribution in [-0.2, 0) is 11.4 Å². The SMILES string of the molecule is COc1cc(/C=C(\C#N)C(=O)Nc2ccc(Cl)c(Cl)c2)c(Br)cc1OCc1cccc2ccccc12. The highest BCUT2D eigenvalue weighted by atomic mass is 79.9. The minimum absolute atomic E-state index is 0.103. The number of carbonyl (C=O) groups excluding carboxylic acids is 1. The molecule has 0 saturated carbocycles. The van der Waals surface area contributed by atoms with Crippen molar-refractivity contribution < 1.29 is 14.3 Å². The quantitative estimate of drug-likeness (QED) is 0.177. The van der Waals surface area contributed by atoms with E-state index < -0.39 is 5.91 Å². The molecule has 180 valence electrons. The number of nitrogens with zero attached hydrogens (tertiary/aromatic N) is 1. The van der Waals surface area contributed by atoms with Crippen molar-refractivity contribution in [3.63, 3.8) is 0 Å². The smallest absolute Gasteiger partial charge is 0.266 e. The number of nitriles is 1. The molecule has 0 unspecified atom stereocenters. The standard InChI is InChI=1S/C28H19BrCl2N2O3/c1-35-26-12-19(11-20(15-32)28(34)33-21-9-10-24(30)25(31)13-21)23(29)14-27(26)36-16-18-7-4-6-17-5-2-3-8-22(17)18/h2-14H,16H2,1H3,(H,33,34)/b20-11+. The lowest BCUT2D eigenvalue weighted by atomic mass is 10.1. The summed E-state index contributed by atoms with van der Waals surface area (Å²) in [7, 11) is 1.53. The monoisotopic (exact) mass is 580 g/mol. The number of fused-ring (bicyclic) bond motifs is 1. The van der Waals surface area contributed by atoms with Gasteiger partial charge in [0.1, 0.15) is 18.2 Å². The van der Waals surface area contributed by atoms with Gasteiger partial charge in [-0.2, -0.15) is 5.26 Å². The summed E-state index contributed by atoms with van der Waals surface area (Å²) < 4.78 is 12.3. The molecule has 0 atom stereocenters. The molecule has 0 aromatic heterocycles. The highest BCUT2D eigenvalue weighted by molar-refractivity contribution is 9.10. The fourth-order valence-corrected chi connectivity index (χ4v) is 4.32.